The minimum atomic E-state index is -0.462. The normalized spacial score (nSPS) is 18.4. The number of benzene rings is 1. The number of halogens is 1. The van der Waals surface area contributed by atoms with E-state index >= 15 is 0 Å². The highest BCUT2D eigenvalue weighted by molar-refractivity contribution is 6.30. The van der Waals surface area contributed by atoms with Gasteiger partial charge >= 0.3 is 0 Å². The molecule has 1 saturated heterocycles. The molecular formula is C23H22ClN5O2. The fourth-order valence-corrected chi connectivity index (χ4v) is 4.35. The van der Waals surface area contributed by atoms with Crippen molar-refractivity contribution < 1.29 is 9.53 Å². The van der Waals surface area contributed by atoms with Gasteiger partial charge in [0, 0.05) is 42.8 Å². The van der Waals surface area contributed by atoms with Crippen molar-refractivity contribution in [2.75, 3.05) is 18.4 Å². The lowest BCUT2D eigenvalue weighted by Gasteiger charge is -2.33. The molecule has 1 fully saturated rings. The molecule has 158 valence electrons. The first-order chi connectivity index (χ1) is 15.2. The van der Waals surface area contributed by atoms with E-state index in [1.807, 2.05) is 41.4 Å². The van der Waals surface area contributed by atoms with Gasteiger partial charge in [0.2, 0.25) is 0 Å². The monoisotopic (exact) mass is 435 g/mol. The van der Waals surface area contributed by atoms with Crippen molar-refractivity contribution in [3.05, 3.63) is 71.3 Å². The quantitative estimate of drug-likeness (QED) is 0.667. The van der Waals surface area contributed by atoms with Gasteiger partial charge < -0.3 is 15.0 Å². The Morgan fingerprint density at radius 1 is 1.13 bits per heavy atom. The molecule has 8 heteroatoms. The third-order valence-corrected chi connectivity index (χ3v) is 6.01. The van der Waals surface area contributed by atoms with Gasteiger partial charge in [-0.1, -0.05) is 17.7 Å². The number of hydrogen-bond acceptors (Lipinski definition) is 6. The Kier molecular flexibility index (Phi) is 5.42. The van der Waals surface area contributed by atoms with Gasteiger partial charge in [0.25, 0.3) is 5.91 Å². The lowest BCUT2D eigenvalue weighted by Crippen LogP contribution is -2.45. The number of ether oxygens (including phenoxy) is 1. The van der Waals surface area contributed by atoms with Crippen LogP contribution in [-0.2, 0) is 11.2 Å². The molecule has 1 unspecified atom stereocenters. The maximum Gasteiger partial charge on any atom is 0.263 e. The average molecular weight is 436 g/mol. The van der Waals surface area contributed by atoms with E-state index in [1.54, 1.807) is 18.5 Å². The minimum absolute atomic E-state index is 0.0439. The van der Waals surface area contributed by atoms with Gasteiger partial charge in [-0.15, -0.1) is 0 Å². The zero-order chi connectivity index (χ0) is 21.2. The van der Waals surface area contributed by atoms with E-state index in [2.05, 4.69) is 15.3 Å². The Labute approximate surface area is 185 Å². The molecule has 2 aromatic heterocycles. The number of piperidine rings is 1. The van der Waals surface area contributed by atoms with Gasteiger partial charge in [0.1, 0.15) is 17.4 Å². The number of fused-ring (bicyclic) bond motifs is 1. The summed E-state index contributed by atoms with van der Waals surface area (Å²) in [4.78, 5) is 28.2. The molecule has 1 amide bonds. The van der Waals surface area contributed by atoms with Crippen LogP contribution in [-0.4, -0.2) is 45.0 Å². The van der Waals surface area contributed by atoms with Crippen molar-refractivity contribution in [1.29, 1.82) is 0 Å². The van der Waals surface area contributed by atoms with Crippen molar-refractivity contribution in [3.63, 3.8) is 0 Å². The molecule has 0 saturated carbocycles. The molecule has 0 spiro atoms. The van der Waals surface area contributed by atoms with Gasteiger partial charge in [0.05, 0.1) is 11.9 Å². The molecule has 0 radical (unpaired) electrons. The number of carbonyl (C=O) groups is 1. The number of amides is 1. The summed E-state index contributed by atoms with van der Waals surface area (Å²) >= 11 is 6.06. The van der Waals surface area contributed by atoms with E-state index in [0.717, 1.165) is 35.7 Å². The zero-order valence-electron chi connectivity index (χ0n) is 16.9. The van der Waals surface area contributed by atoms with E-state index in [0.29, 0.717) is 30.4 Å². The molecule has 0 aliphatic carbocycles. The number of likely N-dealkylation sites (tertiary alicyclic amines) is 1. The number of rotatable bonds is 4. The van der Waals surface area contributed by atoms with Gasteiger partial charge in [-0.2, -0.15) is 0 Å². The summed E-state index contributed by atoms with van der Waals surface area (Å²) in [6, 6.07) is 11.2. The lowest BCUT2D eigenvalue weighted by molar-refractivity contribution is -0.139. The SMILES string of the molecule is O=C(C1Cc2cc(Cl)ccc2O1)N1CCC(c2cncc(Nc3ccccn3)n2)CC1. The number of anilines is 2. The molecule has 0 bridgehead atoms. The molecule has 2 aliphatic heterocycles. The topological polar surface area (TPSA) is 80.2 Å². The molecule has 1 aromatic carbocycles. The van der Waals surface area contributed by atoms with Crippen molar-refractivity contribution in [3.8, 4) is 5.75 Å². The second kappa shape index (κ2) is 8.51. The Morgan fingerprint density at radius 2 is 2.00 bits per heavy atom. The van der Waals surface area contributed by atoms with Crippen molar-refractivity contribution in [1.82, 2.24) is 19.9 Å². The van der Waals surface area contributed by atoms with E-state index in [4.69, 9.17) is 21.3 Å². The molecular weight excluding hydrogens is 414 g/mol. The molecule has 1 N–H and O–H groups in total. The Hall–Kier alpha value is -3.19. The van der Waals surface area contributed by atoms with Crippen molar-refractivity contribution >= 4 is 29.1 Å². The lowest BCUT2D eigenvalue weighted by atomic mass is 9.93. The van der Waals surface area contributed by atoms with Crippen molar-refractivity contribution in [2.24, 2.45) is 0 Å². The zero-order valence-corrected chi connectivity index (χ0v) is 17.6. The predicted octanol–water partition coefficient (Wildman–Crippen LogP) is 3.98. The maximum absolute atomic E-state index is 13.0. The summed E-state index contributed by atoms with van der Waals surface area (Å²) in [7, 11) is 0. The van der Waals surface area contributed by atoms with Gasteiger partial charge in [-0.05, 0) is 48.7 Å². The highest BCUT2D eigenvalue weighted by Crippen LogP contribution is 2.33. The van der Waals surface area contributed by atoms with E-state index in [-0.39, 0.29) is 11.8 Å². The van der Waals surface area contributed by atoms with Gasteiger partial charge in [-0.25, -0.2) is 9.97 Å². The molecule has 3 aromatic rings. The number of hydrogen-bond donors (Lipinski definition) is 1. The smallest absolute Gasteiger partial charge is 0.263 e. The van der Waals surface area contributed by atoms with Crippen LogP contribution in [0.1, 0.15) is 30.0 Å². The summed E-state index contributed by atoms with van der Waals surface area (Å²) in [5.41, 5.74) is 1.93. The molecule has 4 heterocycles. The Balaban J connectivity index is 1.19. The van der Waals surface area contributed by atoms with Crippen LogP contribution < -0.4 is 10.1 Å². The number of carbonyl (C=O) groups excluding carboxylic acids is 1. The minimum Gasteiger partial charge on any atom is -0.480 e. The summed E-state index contributed by atoms with van der Waals surface area (Å²) < 4.78 is 5.87. The maximum atomic E-state index is 13.0. The molecule has 31 heavy (non-hydrogen) atoms. The predicted molar refractivity (Wildman–Crippen MR) is 118 cm³/mol. The fourth-order valence-electron chi connectivity index (χ4n) is 4.16. The highest BCUT2D eigenvalue weighted by Gasteiger charge is 2.34. The van der Waals surface area contributed by atoms with Gasteiger partial charge in [-0.3, -0.25) is 9.78 Å². The van der Waals surface area contributed by atoms with Crippen LogP contribution in [0.25, 0.3) is 0 Å². The van der Waals surface area contributed by atoms with E-state index in [1.165, 1.54) is 0 Å². The third kappa shape index (κ3) is 4.32. The van der Waals surface area contributed by atoms with Crippen molar-refractivity contribution in [2.45, 2.75) is 31.3 Å². The van der Waals surface area contributed by atoms with Crippen LogP contribution >= 0.6 is 11.6 Å². The largest absolute Gasteiger partial charge is 0.480 e. The fraction of sp³-hybridized carbons (Fsp3) is 0.304. The average Bonchev–Trinajstić information content (AvgIpc) is 3.23. The standard InChI is InChI=1S/C23H22ClN5O2/c24-17-4-5-19-16(11-17)12-20(31-19)23(30)29-9-6-15(7-10-29)18-13-25-14-22(27-18)28-21-3-1-2-8-26-21/h1-5,8,11,13-15,20H,6-7,9-10,12H2,(H,26,27,28). The third-order valence-electron chi connectivity index (χ3n) is 5.77. The van der Waals surface area contributed by atoms with E-state index < -0.39 is 6.10 Å². The second-order valence-electron chi connectivity index (χ2n) is 7.83. The van der Waals surface area contributed by atoms with Crippen LogP contribution in [0.4, 0.5) is 11.6 Å². The Bertz CT molecular complexity index is 1090. The summed E-state index contributed by atoms with van der Waals surface area (Å²) in [5.74, 6) is 2.47. The Morgan fingerprint density at radius 3 is 2.81 bits per heavy atom. The van der Waals surface area contributed by atoms with E-state index in [9.17, 15) is 4.79 Å². The van der Waals surface area contributed by atoms with Gasteiger partial charge in [0.15, 0.2) is 6.10 Å². The number of nitrogens with one attached hydrogen (secondary N) is 1. The molecule has 5 rings (SSSR count). The summed E-state index contributed by atoms with van der Waals surface area (Å²) in [6.07, 6.45) is 7.03. The van der Waals surface area contributed by atoms with Crippen LogP contribution in [0.2, 0.25) is 5.02 Å². The first kappa shape index (κ1) is 19.8. The van der Waals surface area contributed by atoms with Crippen LogP contribution in [0.5, 0.6) is 5.75 Å². The number of aromatic nitrogens is 3. The molecule has 2 aliphatic rings. The molecule has 7 nitrogen and oxygen atoms in total. The highest BCUT2D eigenvalue weighted by atomic mass is 35.5. The summed E-state index contributed by atoms with van der Waals surface area (Å²) in [6.45, 7) is 1.36. The second-order valence-corrected chi connectivity index (χ2v) is 8.27. The number of pyridine rings is 1. The number of nitrogens with zero attached hydrogens (tertiary/aromatic N) is 4. The van der Waals surface area contributed by atoms with Crippen LogP contribution in [0.3, 0.4) is 0 Å². The van der Waals surface area contributed by atoms with Crippen LogP contribution in [0, 0.1) is 0 Å². The molecule has 1 atom stereocenters. The first-order valence-electron chi connectivity index (χ1n) is 10.4. The van der Waals surface area contributed by atoms with Crippen LogP contribution in [0.15, 0.2) is 55.0 Å². The summed E-state index contributed by atoms with van der Waals surface area (Å²) in [5, 5.41) is 3.85. The first-order valence-corrected chi connectivity index (χ1v) is 10.8.